The van der Waals surface area contributed by atoms with E-state index in [1.807, 2.05) is 13.0 Å². The van der Waals surface area contributed by atoms with Crippen molar-refractivity contribution in [3.05, 3.63) is 28.5 Å². The van der Waals surface area contributed by atoms with Crippen molar-refractivity contribution in [1.29, 1.82) is 0 Å². The third kappa shape index (κ3) is 0.942. The lowest BCUT2D eigenvalue weighted by molar-refractivity contribution is 1.10. The Bertz CT molecular complexity index is 331. The lowest BCUT2D eigenvalue weighted by Gasteiger charge is -1.98. The molecule has 1 aromatic heterocycles. The van der Waals surface area contributed by atoms with Crippen molar-refractivity contribution in [3.63, 3.8) is 0 Å². The van der Waals surface area contributed by atoms with E-state index in [2.05, 4.69) is 9.98 Å². The standard InChI is InChI=1S/C8H7ClN2/c1-5-7-6(4-11-5)2-3-10-8(7)9/h2-3H,4H2,1H3. The third-order valence-corrected chi connectivity index (χ3v) is 2.13. The molecule has 11 heavy (non-hydrogen) atoms. The zero-order valence-corrected chi connectivity index (χ0v) is 6.89. The van der Waals surface area contributed by atoms with Gasteiger partial charge in [0.1, 0.15) is 5.15 Å². The minimum absolute atomic E-state index is 0.571. The third-order valence-electron chi connectivity index (χ3n) is 1.84. The van der Waals surface area contributed by atoms with E-state index < -0.39 is 0 Å². The van der Waals surface area contributed by atoms with Gasteiger partial charge in [-0.15, -0.1) is 0 Å². The molecule has 0 aliphatic carbocycles. The van der Waals surface area contributed by atoms with Crippen LogP contribution in [0.4, 0.5) is 0 Å². The maximum Gasteiger partial charge on any atom is 0.138 e. The maximum absolute atomic E-state index is 5.87. The summed E-state index contributed by atoms with van der Waals surface area (Å²) in [4.78, 5) is 8.24. The van der Waals surface area contributed by atoms with Crippen LogP contribution in [0.15, 0.2) is 17.3 Å². The molecule has 1 aliphatic rings. The lowest BCUT2D eigenvalue weighted by atomic mass is 10.1. The summed E-state index contributed by atoms with van der Waals surface area (Å²) in [6, 6.07) is 1.96. The van der Waals surface area contributed by atoms with Crippen molar-refractivity contribution >= 4 is 17.3 Å². The van der Waals surface area contributed by atoms with E-state index in [0.717, 1.165) is 17.8 Å². The van der Waals surface area contributed by atoms with Crippen LogP contribution in [0.2, 0.25) is 5.15 Å². The SMILES string of the molecule is CC1=NCc2ccnc(Cl)c21. The molecule has 0 amide bonds. The van der Waals surface area contributed by atoms with Crippen LogP contribution < -0.4 is 0 Å². The Hall–Kier alpha value is -0.890. The molecule has 2 nitrogen and oxygen atoms in total. The van der Waals surface area contributed by atoms with Gasteiger partial charge in [-0.3, -0.25) is 4.99 Å². The molecule has 0 N–H and O–H groups in total. The Morgan fingerprint density at radius 1 is 1.55 bits per heavy atom. The van der Waals surface area contributed by atoms with E-state index in [9.17, 15) is 0 Å². The second kappa shape index (κ2) is 2.31. The monoisotopic (exact) mass is 166 g/mol. The number of fused-ring (bicyclic) bond motifs is 1. The van der Waals surface area contributed by atoms with Gasteiger partial charge in [0, 0.05) is 17.5 Å². The van der Waals surface area contributed by atoms with Gasteiger partial charge in [-0.25, -0.2) is 4.98 Å². The van der Waals surface area contributed by atoms with Crippen LogP contribution in [0.3, 0.4) is 0 Å². The Labute approximate surface area is 69.9 Å². The summed E-state index contributed by atoms with van der Waals surface area (Å²) in [5.74, 6) is 0. The van der Waals surface area contributed by atoms with Crippen molar-refractivity contribution in [2.24, 2.45) is 4.99 Å². The second-order valence-corrected chi connectivity index (χ2v) is 2.90. The van der Waals surface area contributed by atoms with Gasteiger partial charge in [0.05, 0.1) is 6.54 Å². The van der Waals surface area contributed by atoms with Crippen molar-refractivity contribution in [3.8, 4) is 0 Å². The fourth-order valence-electron chi connectivity index (χ4n) is 1.27. The van der Waals surface area contributed by atoms with Crippen LogP contribution in [0.5, 0.6) is 0 Å². The fourth-order valence-corrected chi connectivity index (χ4v) is 1.58. The first-order valence-corrected chi connectivity index (χ1v) is 3.81. The molecule has 0 spiro atoms. The Morgan fingerprint density at radius 3 is 3.09 bits per heavy atom. The van der Waals surface area contributed by atoms with Gasteiger partial charge >= 0.3 is 0 Å². The summed E-state index contributed by atoms with van der Waals surface area (Å²) in [5.41, 5.74) is 3.20. The van der Waals surface area contributed by atoms with E-state index in [-0.39, 0.29) is 0 Å². The number of aromatic nitrogens is 1. The molecule has 0 aromatic carbocycles. The van der Waals surface area contributed by atoms with Crippen LogP contribution in [-0.4, -0.2) is 10.7 Å². The molecule has 1 aliphatic heterocycles. The van der Waals surface area contributed by atoms with Crippen molar-refractivity contribution < 1.29 is 0 Å². The van der Waals surface area contributed by atoms with E-state index in [0.29, 0.717) is 5.15 Å². The normalized spacial score (nSPS) is 14.5. The summed E-state index contributed by atoms with van der Waals surface area (Å²) in [7, 11) is 0. The molecule has 0 saturated carbocycles. The Morgan fingerprint density at radius 2 is 2.36 bits per heavy atom. The number of rotatable bonds is 0. The molecule has 0 unspecified atom stereocenters. The fraction of sp³-hybridized carbons (Fsp3) is 0.250. The second-order valence-electron chi connectivity index (χ2n) is 2.54. The topological polar surface area (TPSA) is 25.2 Å². The summed E-state index contributed by atoms with van der Waals surface area (Å²) >= 11 is 5.87. The van der Waals surface area contributed by atoms with Gasteiger partial charge in [-0.2, -0.15) is 0 Å². The highest BCUT2D eigenvalue weighted by Gasteiger charge is 2.15. The summed E-state index contributed by atoms with van der Waals surface area (Å²) in [5, 5.41) is 0.571. The first kappa shape index (κ1) is 6.80. The molecule has 2 rings (SSSR count). The van der Waals surface area contributed by atoms with Gasteiger partial charge in [0.15, 0.2) is 0 Å². The van der Waals surface area contributed by atoms with Gasteiger partial charge in [-0.05, 0) is 18.6 Å². The molecule has 0 saturated heterocycles. The highest BCUT2D eigenvalue weighted by molar-refractivity contribution is 6.33. The van der Waals surface area contributed by atoms with E-state index in [4.69, 9.17) is 11.6 Å². The number of hydrogen-bond acceptors (Lipinski definition) is 2. The predicted octanol–water partition coefficient (Wildman–Crippen LogP) is 2.06. The first-order valence-electron chi connectivity index (χ1n) is 3.44. The molecule has 3 heteroatoms. The maximum atomic E-state index is 5.87. The first-order chi connectivity index (χ1) is 5.29. The molecular formula is C8H7ClN2. The van der Waals surface area contributed by atoms with Crippen molar-refractivity contribution in [2.45, 2.75) is 13.5 Å². The number of hydrogen-bond donors (Lipinski definition) is 0. The molecule has 0 atom stereocenters. The molecule has 2 heterocycles. The van der Waals surface area contributed by atoms with Gasteiger partial charge < -0.3 is 0 Å². The molecule has 0 radical (unpaired) electrons. The lowest BCUT2D eigenvalue weighted by Crippen LogP contribution is -1.94. The zero-order valence-electron chi connectivity index (χ0n) is 6.13. The average Bonchev–Trinajstić information content (AvgIpc) is 2.34. The van der Waals surface area contributed by atoms with E-state index in [1.165, 1.54) is 5.56 Å². The predicted molar refractivity (Wildman–Crippen MR) is 45.2 cm³/mol. The smallest absolute Gasteiger partial charge is 0.138 e. The Kier molecular flexibility index (Phi) is 1.43. The van der Waals surface area contributed by atoms with Crippen molar-refractivity contribution in [2.75, 3.05) is 0 Å². The van der Waals surface area contributed by atoms with E-state index >= 15 is 0 Å². The zero-order chi connectivity index (χ0) is 7.84. The van der Waals surface area contributed by atoms with Crippen LogP contribution in [0.25, 0.3) is 0 Å². The van der Waals surface area contributed by atoms with E-state index in [1.54, 1.807) is 6.20 Å². The quantitative estimate of drug-likeness (QED) is 0.542. The van der Waals surface area contributed by atoms with Gasteiger partial charge in [-0.1, -0.05) is 11.6 Å². The highest BCUT2D eigenvalue weighted by Crippen LogP contribution is 2.23. The van der Waals surface area contributed by atoms with Crippen molar-refractivity contribution in [1.82, 2.24) is 4.98 Å². The molecular weight excluding hydrogens is 160 g/mol. The molecule has 1 aromatic rings. The van der Waals surface area contributed by atoms with Gasteiger partial charge in [0.25, 0.3) is 0 Å². The number of halogens is 1. The Balaban J connectivity index is 2.67. The van der Waals surface area contributed by atoms with Crippen LogP contribution in [0.1, 0.15) is 18.1 Å². The summed E-state index contributed by atoms with van der Waals surface area (Å²) in [6.07, 6.45) is 1.72. The van der Waals surface area contributed by atoms with Crippen LogP contribution in [0, 0.1) is 0 Å². The van der Waals surface area contributed by atoms with Gasteiger partial charge in [0.2, 0.25) is 0 Å². The highest BCUT2D eigenvalue weighted by atomic mass is 35.5. The van der Waals surface area contributed by atoms with Crippen LogP contribution >= 0.6 is 11.6 Å². The molecule has 0 fully saturated rings. The minimum atomic E-state index is 0.571. The van der Waals surface area contributed by atoms with Crippen LogP contribution in [-0.2, 0) is 6.54 Å². The number of nitrogens with zero attached hydrogens (tertiary/aromatic N) is 2. The summed E-state index contributed by atoms with van der Waals surface area (Å²) < 4.78 is 0. The average molecular weight is 167 g/mol. The molecule has 56 valence electrons. The number of pyridine rings is 1. The largest absolute Gasteiger partial charge is 0.285 e. The molecule has 0 bridgehead atoms. The number of aliphatic imine (C=N–C) groups is 1. The minimum Gasteiger partial charge on any atom is -0.285 e. The summed E-state index contributed by atoms with van der Waals surface area (Å²) in [6.45, 7) is 2.71.